The molecule has 1 N–H and O–H groups in total. The van der Waals surface area contributed by atoms with E-state index >= 15 is 0 Å². The molecule has 0 aliphatic heterocycles. The number of rotatable bonds is 4. The van der Waals surface area contributed by atoms with Crippen molar-refractivity contribution in [2.45, 2.75) is 26.2 Å². The molecule has 2 aromatic heterocycles. The topological polar surface area (TPSA) is 55.2 Å². The maximum Gasteiger partial charge on any atom is 0.217 e. The van der Waals surface area contributed by atoms with Crippen molar-refractivity contribution in [1.82, 2.24) is 9.97 Å². The second kappa shape index (κ2) is 9.45. The minimum Gasteiger partial charge on any atom is -0.507 e. The number of aromatic nitrogens is 2. The van der Waals surface area contributed by atoms with Crippen LogP contribution in [0.3, 0.4) is 0 Å². The largest absolute Gasteiger partial charge is 0.507 e. The zero-order valence-corrected chi connectivity index (χ0v) is 19.8. The van der Waals surface area contributed by atoms with Gasteiger partial charge in [0.25, 0.3) is 0 Å². The summed E-state index contributed by atoms with van der Waals surface area (Å²) in [4.78, 5) is 9.03. The van der Waals surface area contributed by atoms with Gasteiger partial charge in [0, 0.05) is 44.6 Å². The maximum atomic E-state index is 10.4. The van der Waals surface area contributed by atoms with Crippen LogP contribution in [0.25, 0.3) is 22.5 Å². The molecule has 160 valence electrons. The van der Waals surface area contributed by atoms with Gasteiger partial charge in [-0.25, -0.2) is 4.98 Å². The molecule has 0 bridgehead atoms. The zero-order valence-electron chi connectivity index (χ0n) is 17.6. The average Bonchev–Trinajstić information content (AvgIpc) is 2.74. The van der Waals surface area contributed by atoms with Gasteiger partial charge >= 0.3 is 0 Å². The Bertz CT molecular complexity index is 1170. The average molecular weight is 591 g/mol. The first kappa shape index (κ1) is 22.7. The molecular formula is C26H23N2O2Pt-. The third-order valence-electron chi connectivity index (χ3n) is 4.77. The standard InChI is InChI=1S/C26H23N2O2.Pt/c1-26(2,3)19-16-22(28-23(17-19)21-11-4-5-12-24(21)29)18-9-8-10-20(15-18)30-25-13-6-7-14-27-25;/h4-14,16-17,29H,1-3H3;/q-1;. The molecular weight excluding hydrogens is 567 g/mol. The van der Waals surface area contributed by atoms with E-state index in [2.05, 4.69) is 37.9 Å². The Morgan fingerprint density at radius 3 is 2.32 bits per heavy atom. The summed E-state index contributed by atoms with van der Waals surface area (Å²) in [6.07, 6.45) is 1.69. The van der Waals surface area contributed by atoms with Gasteiger partial charge in [-0.1, -0.05) is 51.1 Å². The van der Waals surface area contributed by atoms with Crippen molar-refractivity contribution in [3.8, 4) is 39.9 Å². The van der Waals surface area contributed by atoms with Crippen LogP contribution < -0.4 is 4.74 Å². The number of para-hydroxylation sites is 1. The Morgan fingerprint density at radius 1 is 0.871 bits per heavy atom. The molecule has 31 heavy (non-hydrogen) atoms. The van der Waals surface area contributed by atoms with Crippen LogP contribution >= 0.6 is 0 Å². The third-order valence-corrected chi connectivity index (χ3v) is 4.77. The Hall–Kier alpha value is -2.97. The van der Waals surface area contributed by atoms with Crippen molar-refractivity contribution < 1.29 is 30.9 Å². The second-order valence-electron chi connectivity index (χ2n) is 8.09. The predicted octanol–water partition coefficient (Wildman–Crippen LogP) is 6.40. The smallest absolute Gasteiger partial charge is 0.217 e. The molecule has 0 fully saturated rings. The van der Waals surface area contributed by atoms with Crippen LogP contribution in [0.4, 0.5) is 0 Å². The molecule has 0 spiro atoms. The molecule has 0 saturated heterocycles. The summed E-state index contributed by atoms with van der Waals surface area (Å²) >= 11 is 0. The van der Waals surface area contributed by atoms with Crippen molar-refractivity contribution in [2.75, 3.05) is 0 Å². The van der Waals surface area contributed by atoms with E-state index in [9.17, 15) is 5.11 Å². The van der Waals surface area contributed by atoms with Crippen LogP contribution in [0.5, 0.6) is 17.4 Å². The first-order chi connectivity index (χ1) is 14.4. The number of nitrogens with zero attached hydrogens (tertiary/aromatic N) is 2. The third kappa shape index (κ3) is 5.39. The van der Waals surface area contributed by atoms with Gasteiger partial charge in [0.15, 0.2) is 0 Å². The SMILES string of the molecule is CC(C)(C)c1cc(-c2[c-]c(Oc3ccccn3)ccc2)nc(-c2ccccc2O)c1.[Pt]. The molecule has 4 nitrogen and oxygen atoms in total. The Labute approximate surface area is 197 Å². The van der Waals surface area contributed by atoms with Gasteiger partial charge in [-0.15, -0.1) is 23.8 Å². The summed E-state index contributed by atoms with van der Waals surface area (Å²) in [5.74, 6) is 1.29. The van der Waals surface area contributed by atoms with E-state index in [0.717, 1.165) is 22.5 Å². The van der Waals surface area contributed by atoms with Gasteiger partial charge in [-0.2, -0.15) is 0 Å². The van der Waals surface area contributed by atoms with Crippen LogP contribution in [0, 0.1) is 6.07 Å². The number of pyridine rings is 2. The van der Waals surface area contributed by atoms with Crippen LogP contribution in [0.1, 0.15) is 26.3 Å². The molecule has 0 aliphatic rings. The Kier molecular flexibility index (Phi) is 6.92. The van der Waals surface area contributed by atoms with Gasteiger partial charge in [0.1, 0.15) is 5.75 Å². The van der Waals surface area contributed by atoms with Crippen LogP contribution in [0.15, 0.2) is 79.0 Å². The van der Waals surface area contributed by atoms with Crippen molar-refractivity contribution >= 4 is 0 Å². The number of phenolic OH excluding ortho intramolecular Hbond substituents is 1. The van der Waals surface area contributed by atoms with E-state index in [-0.39, 0.29) is 32.2 Å². The van der Waals surface area contributed by atoms with Crippen molar-refractivity contribution in [3.05, 3.63) is 90.6 Å². The van der Waals surface area contributed by atoms with Crippen molar-refractivity contribution in [2.24, 2.45) is 0 Å². The Morgan fingerprint density at radius 2 is 1.61 bits per heavy atom. The zero-order chi connectivity index (χ0) is 21.1. The molecule has 4 rings (SSSR count). The van der Waals surface area contributed by atoms with Gasteiger partial charge < -0.3 is 9.84 Å². The Balaban J connectivity index is 0.00000272. The first-order valence-corrected chi connectivity index (χ1v) is 9.83. The molecule has 4 aromatic rings. The van der Waals surface area contributed by atoms with E-state index in [0.29, 0.717) is 17.2 Å². The summed E-state index contributed by atoms with van der Waals surface area (Å²) in [6.45, 7) is 6.47. The molecule has 0 aliphatic carbocycles. The number of ether oxygens (including phenoxy) is 1. The minimum atomic E-state index is -0.0844. The van der Waals surface area contributed by atoms with Crippen LogP contribution in [-0.4, -0.2) is 15.1 Å². The van der Waals surface area contributed by atoms with Gasteiger partial charge in [0.05, 0.1) is 5.69 Å². The number of aromatic hydroxyl groups is 1. The normalized spacial score (nSPS) is 10.9. The van der Waals surface area contributed by atoms with E-state index in [1.807, 2.05) is 48.5 Å². The predicted molar refractivity (Wildman–Crippen MR) is 119 cm³/mol. The molecule has 0 amide bonds. The number of benzene rings is 2. The van der Waals surface area contributed by atoms with E-state index in [1.54, 1.807) is 24.4 Å². The van der Waals surface area contributed by atoms with Crippen LogP contribution in [-0.2, 0) is 26.5 Å². The summed E-state index contributed by atoms with van der Waals surface area (Å²) in [7, 11) is 0. The summed E-state index contributed by atoms with van der Waals surface area (Å²) in [5, 5.41) is 10.4. The molecule has 0 unspecified atom stereocenters. The number of hydrogen-bond donors (Lipinski definition) is 1. The summed E-state index contributed by atoms with van der Waals surface area (Å²) < 4.78 is 5.84. The fraction of sp³-hybridized carbons (Fsp3) is 0.154. The van der Waals surface area contributed by atoms with E-state index in [1.165, 1.54) is 0 Å². The van der Waals surface area contributed by atoms with Gasteiger partial charge in [-0.3, -0.25) is 4.98 Å². The molecule has 5 heteroatoms. The second-order valence-corrected chi connectivity index (χ2v) is 8.09. The first-order valence-electron chi connectivity index (χ1n) is 9.83. The maximum absolute atomic E-state index is 10.4. The van der Waals surface area contributed by atoms with Gasteiger partial charge in [-0.05, 0) is 40.9 Å². The molecule has 0 saturated carbocycles. The van der Waals surface area contributed by atoms with E-state index < -0.39 is 0 Å². The van der Waals surface area contributed by atoms with Gasteiger partial charge in [0.2, 0.25) is 5.88 Å². The fourth-order valence-corrected chi connectivity index (χ4v) is 3.11. The fourth-order valence-electron chi connectivity index (χ4n) is 3.11. The molecule has 0 radical (unpaired) electrons. The summed E-state index contributed by atoms with van der Waals surface area (Å²) in [6, 6.07) is 25.9. The van der Waals surface area contributed by atoms with E-state index in [4.69, 9.17) is 9.72 Å². The number of phenols is 1. The molecule has 2 aromatic carbocycles. The minimum absolute atomic E-state index is 0. The summed E-state index contributed by atoms with van der Waals surface area (Å²) in [5.41, 5.74) is 4.04. The molecule has 0 atom stereocenters. The van der Waals surface area contributed by atoms with Crippen molar-refractivity contribution in [3.63, 3.8) is 0 Å². The monoisotopic (exact) mass is 590 g/mol. The molecule has 2 heterocycles. The number of hydrogen-bond acceptors (Lipinski definition) is 4. The van der Waals surface area contributed by atoms with Crippen molar-refractivity contribution in [1.29, 1.82) is 0 Å². The quantitative estimate of drug-likeness (QED) is 0.280. The van der Waals surface area contributed by atoms with Crippen LogP contribution in [0.2, 0.25) is 0 Å².